The Morgan fingerprint density at radius 2 is 2.17 bits per heavy atom. The molecule has 1 aliphatic carbocycles. The monoisotopic (exact) mass is 250 g/mol. The lowest BCUT2D eigenvalue weighted by Crippen LogP contribution is -2.26. The van der Waals surface area contributed by atoms with Crippen LogP contribution in [-0.2, 0) is 0 Å². The number of benzene rings is 1. The lowest BCUT2D eigenvalue weighted by atomic mass is 10.2. The van der Waals surface area contributed by atoms with Gasteiger partial charge in [-0.15, -0.1) is 0 Å². The summed E-state index contributed by atoms with van der Waals surface area (Å²) in [6, 6.07) is 4.73. The zero-order chi connectivity index (χ0) is 12.5. The average Bonchev–Trinajstić information content (AvgIpc) is 3.05. The van der Waals surface area contributed by atoms with Gasteiger partial charge in [-0.05, 0) is 37.3 Å². The largest absolute Gasteiger partial charge is 0.487 e. The third-order valence-electron chi connectivity index (χ3n) is 3.75. The second-order valence-corrected chi connectivity index (χ2v) is 5.38. The molecule has 3 nitrogen and oxygen atoms in total. The molecule has 1 saturated heterocycles. The van der Waals surface area contributed by atoms with Crippen LogP contribution in [0.1, 0.15) is 19.3 Å². The Morgan fingerprint density at radius 3 is 2.94 bits per heavy atom. The van der Waals surface area contributed by atoms with E-state index in [-0.39, 0.29) is 11.8 Å². The molecule has 1 saturated carbocycles. The number of nitrogen functional groups attached to an aromatic ring is 1. The maximum Gasteiger partial charge on any atom is 0.149 e. The highest BCUT2D eigenvalue weighted by atomic mass is 19.1. The predicted octanol–water partition coefficient (Wildman–Crippen LogP) is 2.27. The molecule has 1 heterocycles. The highest BCUT2D eigenvalue weighted by Crippen LogP contribution is 2.32. The van der Waals surface area contributed by atoms with E-state index >= 15 is 0 Å². The number of rotatable bonds is 4. The van der Waals surface area contributed by atoms with Crippen LogP contribution in [0.2, 0.25) is 0 Å². The van der Waals surface area contributed by atoms with Crippen molar-refractivity contribution in [2.24, 2.45) is 5.92 Å². The summed E-state index contributed by atoms with van der Waals surface area (Å²) in [6.07, 6.45) is 3.90. The van der Waals surface area contributed by atoms with E-state index in [1.54, 1.807) is 12.1 Å². The van der Waals surface area contributed by atoms with Gasteiger partial charge in [0, 0.05) is 19.6 Å². The van der Waals surface area contributed by atoms with Gasteiger partial charge in [0.1, 0.15) is 23.4 Å². The van der Waals surface area contributed by atoms with Gasteiger partial charge >= 0.3 is 0 Å². The van der Waals surface area contributed by atoms with Gasteiger partial charge in [-0.3, -0.25) is 4.90 Å². The van der Waals surface area contributed by atoms with Crippen LogP contribution in [0, 0.1) is 11.7 Å². The van der Waals surface area contributed by atoms with E-state index in [0.717, 1.165) is 25.4 Å². The highest BCUT2D eigenvalue weighted by molar-refractivity contribution is 5.53. The first-order chi connectivity index (χ1) is 8.72. The minimum absolute atomic E-state index is 0.123. The van der Waals surface area contributed by atoms with Gasteiger partial charge in [-0.2, -0.15) is 0 Å². The van der Waals surface area contributed by atoms with E-state index in [2.05, 4.69) is 4.90 Å². The van der Waals surface area contributed by atoms with E-state index in [0.29, 0.717) is 5.75 Å². The molecule has 1 aromatic rings. The summed E-state index contributed by atoms with van der Waals surface area (Å²) < 4.78 is 19.1. The molecule has 1 aromatic carbocycles. The van der Waals surface area contributed by atoms with Crippen molar-refractivity contribution in [3.8, 4) is 5.75 Å². The number of likely N-dealkylation sites (tertiary alicyclic amines) is 1. The first kappa shape index (κ1) is 11.8. The highest BCUT2D eigenvalue weighted by Gasteiger charge is 2.30. The molecule has 18 heavy (non-hydrogen) atoms. The van der Waals surface area contributed by atoms with Crippen LogP contribution in [0.5, 0.6) is 5.75 Å². The fraction of sp³-hybridized carbons (Fsp3) is 0.571. The Morgan fingerprint density at radius 1 is 1.33 bits per heavy atom. The fourth-order valence-electron chi connectivity index (χ4n) is 2.52. The maximum absolute atomic E-state index is 13.3. The molecule has 0 amide bonds. The van der Waals surface area contributed by atoms with Crippen molar-refractivity contribution in [3.05, 3.63) is 24.0 Å². The number of para-hydroxylation sites is 1. The number of anilines is 1. The van der Waals surface area contributed by atoms with Crippen molar-refractivity contribution in [2.75, 3.05) is 25.4 Å². The number of halogens is 1. The first-order valence-electron chi connectivity index (χ1n) is 6.65. The molecule has 2 fully saturated rings. The topological polar surface area (TPSA) is 38.5 Å². The molecule has 1 aliphatic heterocycles. The van der Waals surface area contributed by atoms with Crippen LogP contribution >= 0.6 is 0 Å². The SMILES string of the molecule is Nc1c(F)cccc1O[C@H]1CCN(CC2CC2)C1. The predicted molar refractivity (Wildman–Crippen MR) is 69.0 cm³/mol. The molecular formula is C14H19FN2O. The molecule has 0 radical (unpaired) electrons. The second-order valence-electron chi connectivity index (χ2n) is 5.38. The molecular weight excluding hydrogens is 231 g/mol. The fourth-order valence-corrected chi connectivity index (χ4v) is 2.52. The number of nitrogens with two attached hydrogens (primary N) is 1. The van der Waals surface area contributed by atoms with Crippen molar-refractivity contribution >= 4 is 5.69 Å². The van der Waals surface area contributed by atoms with Gasteiger partial charge < -0.3 is 10.5 Å². The number of hydrogen-bond donors (Lipinski definition) is 1. The number of nitrogens with zero attached hydrogens (tertiary/aromatic N) is 1. The van der Waals surface area contributed by atoms with E-state index in [9.17, 15) is 4.39 Å². The quantitative estimate of drug-likeness (QED) is 0.833. The summed E-state index contributed by atoms with van der Waals surface area (Å²) >= 11 is 0. The third-order valence-corrected chi connectivity index (χ3v) is 3.75. The molecule has 0 spiro atoms. The van der Waals surface area contributed by atoms with Gasteiger partial charge in [-0.25, -0.2) is 4.39 Å². The maximum atomic E-state index is 13.3. The van der Waals surface area contributed by atoms with Gasteiger partial charge in [0.15, 0.2) is 0 Å². The Kier molecular flexibility index (Phi) is 3.12. The molecule has 0 unspecified atom stereocenters. The lowest BCUT2D eigenvalue weighted by Gasteiger charge is -2.17. The Hall–Kier alpha value is -1.29. The van der Waals surface area contributed by atoms with Crippen LogP contribution in [0.3, 0.4) is 0 Å². The van der Waals surface area contributed by atoms with E-state index in [1.807, 2.05) is 0 Å². The summed E-state index contributed by atoms with van der Waals surface area (Å²) in [5, 5.41) is 0. The molecule has 0 bridgehead atoms. The average molecular weight is 250 g/mol. The number of ether oxygens (including phenoxy) is 1. The minimum Gasteiger partial charge on any atom is -0.487 e. The summed E-state index contributed by atoms with van der Waals surface area (Å²) in [5.74, 6) is 0.983. The van der Waals surface area contributed by atoms with Crippen LogP contribution in [0.4, 0.5) is 10.1 Å². The van der Waals surface area contributed by atoms with Crippen LogP contribution < -0.4 is 10.5 Å². The van der Waals surface area contributed by atoms with Crippen LogP contribution in [-0.4, -0.2) is 30.6 Å². The van der Waals surface area contributed by atoms with Crippen molar-refractivity contribution in [1.29, 1.82) is 0 Å². The molecule has 2 aliphatic rings. The number of hydrogen-bond acceptors (Lipinski definition) is 3. The normalized spacial score (nSPS) is 24.4. The Balaban J connectivity index is 1.58. The van der Waals surface area contributed by atoms with Gasteiger partial charge in [0.25, 0.3) is 0 Å². The van der Waals surface area contributed by atoms with Gasteiger partial charge in [0.2, 0.25) is 0 Å². The van der Waals surface area contributed by atoms with Crippen molar-refractivity contribution in [1.82, 2.24) is 4.90 Å². The second kappa shape index (κ2) is 4.76. The van der Waals surface area contributed by atoms with Crippen LogP contribution in [0.15, 0.2) is 18.2 Å². The van der Waals surface area contributed by atoms with Crippen LogP contribution in [0.25, 0.3) is 0 Å². The zero-order valence-electron chi connectivity index (χ0n) is 10.4. The standard InChI is InChI=1S/C14H19FN2O/c15-12-2-1-3-13(14(12)16)18-11-6-7-17(9-11)8-10-4-5-10/h1-3,10-11H,4-9,16H2/t11-/m0/s1. The molecule has 4 heteroatoms. The smallest absolute Gasteiger partial charge is 0.149 e. The van der Waals surface area contributed by atoms with Crippen molar-refractivity contribution < 1.29 is 9.13 Å². The molecule has 1 atom stereocenters. The third kappa shape index (κ3) is 2.58. The van der Waals surface area contributed by atoms with E-state index < -0.39 is 5.82 Å². The van der Waals surface area contributed by atoms with E-state index in [4.69, 9.17) is 10.5 Å². The molecule has 0 aromatic heterocycles. The summed E-state index contributed by atoms with van der Waals surface area (Å²) in [6.45, 7) is 3.21. The zero-order valence-corrected chi connectivity index (χ0v) is 10.4. The summed E-state index contributed by atoms with van der Waals surface area (Å²) in [7, 11) is 0. The summed E-state index contributed by atoms with van der Waals surface area (Å²) in [4.78, 5) is 2.44. The molecule has 98 valence electrons. The van der Waals surface area contributed by atoms with Crippen molar-refractivity contribution in [2.45, 2.75) is 25.4 Å². The van der Waals surface area contributed by atoms with Gasteiger partial charge in [0.05, 0.1) is 0 Å². The molecule has 2 N–H and O–H groups in total. The minimum atomic E-state index is -0.402. The Bertz CT molecular complexity index is 434. The Labute approximate surface area is 107 Å². The lowest BCUT2D eigenvalue weighted by molar-refractivity contribution is 0.199. The van der Waals surface area contributed by atoms with Gasteiger partial charge in [-0.1, -0.05) is 6.07 Å². The first-order valence-corrected chi connectivity index (χ1v) is 6.65. The molecule has 3 rings (SSSR count). The van der Waals surface area contributed by atoms with Crippen molar-refractivity contribution in [3.63, 3.8) is 0 Å². The van der Waals surface area contributed by atoms with E-state index in [1.165, 1.54) is 25.5 Å². The summed E-state index contributed by atoms with van der Waals surface area (Å²) in [5.41, 5.74) is 5.80.